The summed E-state index contributed by atoms with van der Waals surface area (Å²) in [7, 11) is 1.59. The molecule has 2 aromatic rings. The number of fused-ring (bicyclic) bond motifs is 1. The second-order valence-electron chi connectivity index (χ2n) is 5.53. The second kappa shape index (κ2) is 6.60. The fraction of sp³-hybridized carbons (Fsp3) is 0.333. The van der Waals surface area contributed by atoms with E-state index in [9.17, 15) is 4.79 Å². The van der Waals surface area contributed by atoms with Crippen LogP contribution in [0.2, 0.25) is 0 Å². The normalized spacial score (nSPS) is 16.7. The lowest BCUT2D eigenvalue weighted by Crippen LogP contribution is -2.31. The molecule has 4 nitrogen and oxygen atoms in total. The summed E-state index contributed by atoms with van der Waals surface area (Å²) in [5, 5.41) is 3.03. The Hall–Kier alpha value is -2.36. The molecule has 3 rings (SSSR count). The third-order valence-electron chi connectivity index (χ3n) is 4.18. The van der Waals surface area contributed by atoms with E-state index < -0.39 is 0 Å². The van der Waals surface area contributed by atoms with Gasteiger partial charge in [-0.1, -0.05) is 30.3 Å². The van der Waals surface area contributed by atoms with E-state index in [-0.39, 0.29) is 11.8 Å². The first kappa shape index (κ1) is 14.6. The molecule has 1 heterocycles. The largest absolute Gasteiger partial charge is 0.481 e. The van der Waals surface area contributed by atoms with Crippen molar-refractivity contribution in [3.8, 4) is 5.88 Å². The van der Waals surface area contributed by atoms with E-state index in [0.29, 0.717) is 12.4 Å². The SMILES string of the molecule is COc1ncccc1CNC(=O)C1CCCc2ccccc21. The number of benzene rings is 1. The predicted molar refractivity (Wildman–Crippen MR) is 84.8 cm³/mol. The summed E-state index contributed by atoms with van der Waals surface area (Å²) < 4.78 is 5.22. The van der Waals surface area contributed by atoms with Crippen LogP contribution in [0.25, 0.3) is 0 Å². The van der Waals surface area contributed by atoms with Crippen LogP contribution in [-0.4, -0.2) is 18.0 Å². The van der Waals surface area contributed by atoms with Crippen LogP contribution >= 0.6 is 0 Å². The lowest BCUT2D eigenvalue weighted by Gasteiger charge is -2.24. The minimum absolute atomic E-state index is 0.0485. The number of rotatable bonds is 4. The van der Waals surface area contributed by atoms with Crippen LogP contribution in [0.4, 0.5) is 0 Å². The van der Waals surface area contributed by atoms with E-state index in [2.05, 4.69) is 22.4 Å². The van der Waals surface area contributed by atoms with Gasteiger partial charge in [0.25, 0.3) is 0 Å². The van der Waals surface area contributed by atoms with Gasteiger partial charge in [0.05, 0.1) is 13.0 Å². The standard InChI is InChI=1S/C18H20N2O2/c1-22-18-14(8-5-11-19-18)12-20-17(21)16-10-4-7-13-6-2-3-9-15(13)16/h2-3,5-6,8-9,11,16H,4,7,10,12H2,1H3,(H,20,21). The van der Waals surface area contributed by atoms with E-state index in [1.807, 2.05) is 24.3 Å². The van der Waals surface area contributed by atoms with E-state index >= 15 is 0 Å². The zero-order chi connectivity index (χ0) is 15.4. The summed E-state index contributed by atoms with van der Waals surface area (Å²) in [6, 6.07) is 12.0. The molecular formula is C18H20N2O2. The van der Waals surface area contributed by atoms with E-state index in [1.165, 1.54) is 11.1 Å². The summed E-state index contributed by atoms with van der Waals surface area (Å²) in [6.07, 6.45) is 4.72. The number of hydrogen-bond acceptors (Lipinski definition) is 3. The summed E-state index contributed by atoms with van der Waals surface area (Å²) in [4.78, 5) is 16.7. The lowest BCUT2D eigenvalue weighted by molar-refractivity contribution is -0.123. The third-order valence-corrected chi connectivity index (χ3v) is 4.18. The highest BCUT2D eigenvalue weighted by Gasteiger charge is 2.25. The van der Waals surface area contributed by atoms with Gasteiger partial charge in [-0.2, -0.15) is 0 Å². The van der Waals surface area contributed by atoms with Gasteiger partial charge in [0.15, 0.2) is 0 Å². The number of nitrogens with one attached hydrogen (secondary N) is 1. The van der Waals surface area contributed by atoms with Crippen LogP contribution in [0.1, 0.15) is 35.4 Å². The van der Waals surface area contributed by atoms with Crippen molar-refractivity contribution in [3.05, 3.63) is 59.3 Å². The zero-order valence-electron chi connectivity index (χ0n) is 12.7. The second-order valence-corrected chi connectivity index (χ2v) is 5.53. The molecule has 4 heteroatoms. The van der Waals surface area contributed by atoms with Crippen molar-refractivity contribution in [2.75, 3.05) is 7.11 Å². The molecule has 1 aromatic heterocycles. The van der Waals surface area contributed by atoms with Crippen LogP contribution in [0.15, 0.2) is 42.6 Å². The fourth-order valence-electron chi connectivity index (χ4n) is 3.07. The Morgan fingerprint density at radius 3 is 3.05 bits per heavy atom. The van der Waals surface area contributed by atoms with Gasteiger partial charge in [-0.05, 0) is 36.5 Å². The first-order valence-corrected chi connectivity index (χ1v) is 7.63. The van der Waals surface area contributed by atoms with Gasteiger partial charge in [0.2, 0.25) is 11.8 Å². The van der Waals surface area contributed by atoms with E-state index in [1.54, 1.807) is 13.3 Å². The van der Waals surface area contributed by atoms with Crippen molar-refractivity contribution in [1.29, 1.82) is 0 Å². The minimum atomic E-state index is -0.0485. The molecule has 1 N–H and O–H groups in total. The molecule has 1 atom stereocenters. The average molecular weight is 296 g/mol. The van der Waals surface area contributed by atoms with Crippen molar-refractivity contribution in [2.45, 2.75) is 31.7 Å². The van der Waals surface area contributed by atoms with Gasteiger partial charge in [0, 0.05) is 18.3 Å². The van der Waals surface area contributed by atoms with Gasteiger partial charge in [-0.25, -0.2) is 4.98 Å². The Morgan fingerprint density at radius 2 is 2.18 bits per heavy atom. The highest BCUT2D eigenvalue weighted by molar-refractivity contribution is 5.84. The topological polar surface area (TPSA) is 51.2 Å². The molecule has 1 aromatic carbocycles. The Kier molecular flexibility index (Phi) is 4.37. The van der Waals surface area contributed by atoms with Crippen molar-refractivity contribution in [1.82, 2.24) is 10.3 Å². The number of aromatic nitrogens is 1. The van der Waals surface area contributed by atoms with E-state index in [4.69, 9.17) is 4.74 Å². The highest BCUT2D eigenvalue weighted by Crippen LogP contribution is 2.31. The molecule has 1 aliphatic carbocycles. The Labute approximate surface area is 130 Å². The molecule has 0 fully saturated rings. The van der Waals surface area contributed by atoms with Crippen LogP contribution in [0.5, 0.6) is 5.88 Å². The number of carbonyl (C=O) groups is 1. The molecule has 0 bridgehead atoms. The maximum absolute atomic E-state index is 12.6. The average Bonchev–Trinajstić information content (AvgIpc) is 2.59. The number of pyridine rings is 1. The molecule has 0 aliphatic heterocycles. The summed E-state index contributed by atoms with van der Waals surface area (Å²) in [6.45, 7) is 0.439. The number of methoxy groups -OCH3 is 1. The van der Waals surface area contributed by atoms with Crippen LogP contribution in [-0.2, 0) is 17.8 Å². The van der Waals surface area contributed by atoms with Crippen LogP contribution in [0, 0.1) is 0 Å². The zero-order valence-corrected chi connectivity index (χ0v) is 12.7. The molecule has 0 saturated heterocycles. The number of amides is 1. The highest BCUT2D eigenvalue weighted by atomic mass is 16.5. The Morgan fingerprint density at radius 1 is 1.32 bits per heavy atom. The monoisotopic (exact) mass is 296 g/mol. The van der Waals surface area contributed by atoms with Gasteiger partial charge in [0.1, 0.15) is 0 Å². The Bertz CT molecular complexity index is 670. The number of ether oxygens (including phenoxy) is 1. The summed E-state index contributed by atoms with van der Waals surface area (Å²) in [5.41, 5.74) is 3.36. The third kappa shape index (κ3) is 2.96. The van der Waals surface area contributed by atoms with Gasteiger partial charge in [-0.15, -0.1) is 0 Å². The van der Waals surface area contributed by atoms with Gasteiger partial charge in [-0.3, -0.25) is 4.79 Å². The lowest BCUT2D eigenvalue weighted by atomic mass is 9.82. The molecule has 1 unspecified atom stereocenters. The Balaban J connectivity index is 1.71. The molecule has 0 radical (unpaired) electrons. The summed E-state index contributed by atoms with van der Waals surface area (Å²) in [5.74, 6) is 0.595. The van der Waals surface area contributed by atoms with E-state index in [0.717, 1.165) is 24.8 Å². The maximum Gasteiger partial charge on any atom is 0.227 e. The molecule has 114 valence electrons. The van der Waals surface area contributed by atoms with Crippen molar-refractivity contribution < 1.29 is 9.53 Å². The maximum atomic E-state index is 12.6. The first-order valence-electron chi connectivity index (χ1n) is 7.63. The summed E-state index contributed by atoms with van der Waals surface area (Å²) >= 11 is 0. The molecule has 0 spiro atoms. The number of carbonyl (C=O) groups excluding carboxylic acids is 1. The number of hydrogen-bond donors (Lipinski definition) is 1. The number of nitrogens with zero attached hydrogens (tertiary/aromatic N) is 1. The molecule has 1 aliphatic rings. The molecule has 22 heavy (non-hydrogen) atoms. The fourth-order valence-corrected chi connectivity index (χ4v) is 3.07. The molecular weight excluding hydrogens is 276 g/mol. The van der Waals surface area contributed by atoms with Crippen molar-refractivity contribution >= 4 is 5.91 Å². The molecule has 1 amide bonds. The predicted octanol–water partition coefficient (Wildman–Crippen LogP) is 2.83. The quantitative estimate of drug-likeness (QED) is 0.944. The van der Waals surface area contributed by atoms with Crippen LogP contribution in [0.3, 0.4) is 0 Å². The van der Waals surface area contributed by atoms with Gasteiger partial charge < -0.3 is 10.1 Å². The van der Waals surface area contributed by atoms with Crippen molar-refractivity contribution in [2.24, 2.45) is 0 Å². The smallest absolute Gasteiger partial charge is 0.227 e. The van der Waals surface area contributed by atoms with Gasteiger partial charge >= 0.3 is 0 Å². The number of aryl methyl sites for hydroxylation is 1. The van der Waals surface area contributed by atoms with Crippen molar-refractivity contribution in [3.63, 3.8) is 0 Å². The first-order chi connectivity index (χ1) is 10.8. The van der Waals surface area contributed by atoms with Crippen LogP contribution < -0.4 is 10.1 Å². The molecule has 0 saturated carbocycles. The minimum Gasteiger partial charge on any atom is -0.481 e.